The SMILES string of the molecule is CCC(N)(CC)CNC(=O)C1CCC(C(C)(C)C)CC1. The van der Waals surface area contributed by atoms with E-state index in [1.807, 2.05) is 0 Å². The second kappa shape index (κ2) is 6.93. The zero-order valence-corrected chi connectivity index (χ0v) is 14.1. The van der Waals surface area contributed by atoms with Crippen LogP contribution in [0.2, 0.25) is 0 Å². The molecule has 0 radical (unpaired) electrons. The first-order valence-electron chi connectivity index (χ1n) is 8.28. The van der Waals surface area contributed by atoms with Gasteiger partial charge in [-0.2, -0.15) is 0 Å². The summed E-state index contributed by atoms with van der Waals surface area (Å²) in [6.07, 6.45) is 6.22. The maximum atomic E-state index is 12.3. The number of hydrogen-bond donors (Lipinski definition) is 2. The number of rotatable bonds is 5. The van der Waals surface area contributed by atoms with E-state index in [0.29, 0.717) is 12.0 Å². The van der Waals surface area contributed by atoms with Gasteiger partial charge in [-0.1, -0.05) is 34.6 Å². The first-order chi connectivity index (χ1) is 9.22. The van der Waals surface area contributed by atoms with Crippen LogP contribution in [0.1, 0.15) is 73.1 Å². The van der Waals surface area contributed by atoms with E-state index in [1.165, 1.54) is 12.8 Å². The summed E-state index contributed by atoms with van der Waals surface area (Å²) in [6, 6.07) is 0. The highest BCUT2D eigenvalue weighted by atomic mass is 16.1. The minimum Gasteiger partial charge on any atom is -0.354 e. The molecular weight excluding hydrogens is 248 g/mol. The highest BCUT2D eigenvalue weighted by Crippen LogP contribution is 2.39. The van der Waals surface area contributed by atoms with Crippen molar-refractivity contribution in [1.82, 2.24) is 5.32 Å². The minimum absolute atomic E-state index is 0.201. The lowest BCUT2D eigenvalue weighted by molar-refractivity contribution is -0.126. The Hall–Kier alpha value is -0.570. The number of amides is 1. The predicted molar refractivity (Wildman–Crippen MR) is 85.4 cm³/mol. The second-order valence-corrected chi connectivity index (χ2v) is 7.70. The molecule has 0 unspecified atom stereocenters. The standard InChI is InChI=1S/C17H34N2O/c1-6-17(18,7-2)12-19-15(20)13-8-10-14(11-9-13)16(3,4)5/h13-14H,6-12,18H2,1-5H3,(H,19,20). The quantitative estimate of drug-likeness (QED) is 0.811. The largest absolute Gasteiger partial charge is 0.354 e. The summed E-state index contributed by atoms with van der Waals surface area (Å²) in [5.41, 5.74) is 6.37. The maximum absolute atomic E-state index is 12.3. The van der Waals surface area contributed by atoms with Crippen LogP contribution in [0.4, 0.5) is 0 Å². The van der Waals surface area contributed by atoms with Crippen LogP contribution in [0.25, 0.3) is 0 Å². The van der Waals surface area contributed by atoms with E-state index in [-0.39, 0.29) is 17.4 Å². The lowest BCUT2D eigenvalue weighted by Crippen LogP contribution is -2.50. The molecule has 0 atom stereocenters. The molecule has 0 spiro atoms. The molecule has 1 aliphatic carbocycles. The number of nitrogens with two attached hydrogens (primary N) is 1. The zero-order chi connectivity index (χ0) is 15.4. The molecule has 1 amide bonds. The molecular formula is C17H34N2O. The topological polar surface area (TPSA) is 55.1 Å². The molecule has 1 aliphatic rings. The monoisotopic (exact) mass is 282 g/mol. The van der Waals surface area contributed by atoms with Crippen LogP contribution in [-0.4, -0.2) is 18.0 Å². The van der Waals surface area contributed by atoms with Gasteiger partial charge in [0.25, 0.3) is 0 Å². The van der Waals surface area contributed by atoms with Gasteiger partial charge in [-0.25, -0.2) is 0 Å². The van der Waals surface area contributed by atoms with Gasteiger partial charge in [0.05, 0.1) is 0 Å². The Morgan fingerprint density at radius 2 is 1.60 bits per heavy atom. The predicted octanol–water partition coefficient (Wildman–Crippen LogP) is 3.47. The molecule has 20 heavy (non-hydrogen) atoms. The highest BCUT2D eigenvalue weighted by molar-refractivity contribution is 5.78. The van der Waals surface area contributed by atoms with Crippen molar-refractivity contribution >= 4 is 5.91 Å². The van der Waals surface area contributed by atoms with Crippen molar-refractivity contribution in [2.24, 2.45) is 23.0 Å². The number of hydrogen-bond acceptors (Lipinski definition) is 2. The zero-order valence-electron chi connectivity index (χ0n) is 14.1. The van der Waals surface area contributed by atoms with Gasteiger partial charge >= 0.3 is 0 Å². The highest BCUT2D eigenvalue weighted by Gasteiger charge is 2.32. The van der Waals surface area contributed by atoms with E-state index in [2.05, 4.69) is 39.9 Å². The lowest BCUT2D eigenvalue weighted by Gasteiger charge is -2.37. The summed E-state index contributed by atoms with van der Waals surface area (Å²) in [5, 5.41) is 3.08. The van der Waals surface area contributed by atoms with Gasteiger partial charge in [0, 0.05) is 18.0 Å². The molecule has 3 N–H and O–H groups in total. The molecule has 0 saturated heterocycles. The first kappa shape index (κ1) is 17.5. The second-order valence-electron chi connectivity index (χ2n) is 7.70. The molecule has 0 heterocycles. The summed E-state index contributed by atoms with van der Waals surface area (Å²) in [7, 11) is 0. The van der Waals surface area contributed by atoms with Gasteiger partial charge in [-0.05, 0) is 49.9 Å². The van der Waals surface area contributed by atoms with Crippen molar-refractivity contribution in [3.63, 3.8) is 0 Å². The fourth-order valence-corrected chi connectivity index (χ4v) is 3.13. The van der Waals surface area contributed by atoms with Crippen LogP contribution in [0.15, 0.2) is 0 Å². The normalized spacial score (nSPS) is 24.5. The Bertz CT molecular complexity index is 307. The number of carbonyl (C=O) groups excluding carboxylic acids is 1. The van der Waals surface area contributed by atoms with Crippen molar-refractivity contribution < 1.29 is 4.79 Å². The first-order valence-corrected chi connectivity index (χ1v) is 8.28. The average molecular weight is 282 g/mol. The van der Waals surface area contributed by atoms with E-state index >= 15 is 0 Å². The lowest BCUT2D eigenvalue weighted by atomic mass is 9.69. The van der Waals surface area contributed by atoms with E-state index < -0.39 is 0 Å². The molecule has 0 bridgehead atoms. The van der Waals surface area contributed by atoms with E-state index in [9.17, 15) is 4.79 Å². The van der Waals surface area contributed by atoms with E-state index in [4.69, 9.17) is 5.73 Å². The Kier molecular flexibility index (Phi) is 6.06. The third-order valence-corrected chi connectivity index (χ3v) is 5.35. The number of nitrogens with one attached hydrogen (secondary N) is 1. The fourth-order valence-electron chi connectivity index (χ4n) is 3.13. The molecule has 3 nitrogen and oxygen atoms in total. The van der Waals surface area contributed by atoms with Gasteiger partial charge in [0.2, 0.25) is 5.91 Å². The van der Waals surface area contributed by atoms with Crippen molar-refractivity contribution in [2.45, 2.75) is 78.7 Å². The average Bonchev–Trinajstić information content (AvgIpc) is 2.43. The van der Waals surface area contributed by atoms with Gasteiger partial charge in [0.15, 0.2) is 0 Å². The third-order valence-electron chi connectivity index (χ3n) is 5.35. The molecule has 118 valence electrons. The van der Waals surface area contributed by atoms with Crippen LogP contribution < -0.4 is 11.1 Å². The molecule has 0 aromatic carbocycles. The van der Waals surface area contributed by atoms with Gasteiger partial charge in [-0.3, -0.25) is 4.79 Å². The third kappa shape index (κ3) is 4.76. The molecule has 1 rings (SSSR count). The molecule has 0 aromatic heterocycles. The minimum atomic E-state index is -0.238. The van der Waals surface area contributed by atoms with E-state index in [1.54, 1.807) is 0 Å². The fraction of sp³-hybridized carbons (Fsp3) is 0.941. The summed E-state index contributed by atoms with van der Waals surface area (Å²) in [4.78, 5) is 12.3. The smallest absolute Gasteiger partial charge is 0.223 e. The van der Waals surface area contributed by atoms with Crippen molar-refractivity contribution in [3.05, 3.63) is 0 Å². The Balaban J connectivity index is 2.40. The van der Waals surface area contributed by atoms with Crippen molar-refractivity contribution in [2.75, 3.05) is 6.54 Å². The van der Waals surface area contributed by atoms with Crippen LogP contribution in [0.5, 0.6) is 0 Å². The number of carbonyl (C=O) groups is 1. The van der Waals surface area contributed by atoms with Crippen LogP contribution in [0.3, 0.4) is 0 Å². The molecule has 1 fully saturated rings. The Morgan fingerprint density at radius 1 is 1.10 bits per heavy atom. The summed E-state index contributed by atoms with van der Waals surface area (Å²) >= 11 is 0. The van der Waals surface area contributed by atoms with Gasteiger partial charge < -0.3 is 11.1 Å². The molecule has 0 aromatic rings. The molecule has 1 saturated carbocycles. The molecule has 3 heteroatoms. The van der Waals surface area contributed by atoms with Gasteiger partial charge in [-0.15, -0.1) is 0 Å². The van der Waals surface area contributed by atoms with Crippen molar-refractivity contribution in [1.29, 1.82) is 0 Å². The Morgan fingerprint density at radius 3 is 2.00 bits per heavy atom. The summed E-state index contributed by atoms with van der Waals surface area (Å²) in [6.45, 7) is 11.7. The van der Waals surface area contributed by atoms with Gasteiger partial charge in [0.1, 0.15) is 0 Å². The molecule has 0 aliphatic heterocycles. The van der Waals surface area contributed by atoms with Crippen LogP contribution in [-0.2, 0) is 4.79 Å². The summed E-state index contributed by atoms with van der Waals surface area (Å²) < 4.78 is 0. The van der Waals surface area contributed by atoms with Crippen LogP contribution in [0, 0.1) is 17.3 Å². The maximum Gasteiger partial charge on any atom is 0.223 e. The van der Waals surface area contributed by atoms with Crippen molar-refractivity contribution in [3.8, 4) is 0 Å². The Labute approximate surface area is 125 Å². The summed E-state index contributed by atoms with van der Waals surface area (Å²) in [5.74, 6) is 1.17. The van der Waals surface area contributed by atoms with E-state index in [0.717, 1.165) is 31.6 Å². The van der Waals surface area contributed by atoms with Crippen LogP contribution >= 0.6 is 0 Å².